The number of rotatable bonds is 2. The first kappa shape index (κ1) is 10.7. The van der Waals surface area contributed by atoms with Crippen LogP contribution in [0.3, 0.4) is 0 Å². The third-order valence-electron chi connectivity index (χ3n) is 1.63. The maximum Gasteiger partial charge on any atom is 0.251 e. The molecular weight excluding hydrogens is 246 g/mol. The Balaban J connectivity index is 3.08. The third kappa shape index (κ3) is 3.12. The molecule has 4 heteroatoms. The van der Waals surface area contributed by atoms with Gasteiger partial charge >= 0.3 is 0 Å². The van der Waals surface area contributed by atoms with Gasteiger partial charge in [0.15, 0.2) is 0 Å². The van der Waals surface area contributed by atoms with E-state index in [0.29, 0.717) is 0 Å². The summed E-state index contributed by atoms with van der Waals surface area (Å²) in [6, 6.07) is 5.28. The van der Waals surface area contributed by atoms with Crippen molar-refractivity contribution in [3.63, 3.8) is 0 Å². The molecule has 1 aromatic rings. The Labute approximate surface area is 87.7 Å². The van der Waals surface area contributed by atoms with Crippen molar-refractivity contribution in [2.24, 2.45) is 0 Å². The van der Waals surface area contributed by atoms with Crippen LogP contribution in [0.1, 0.15) is 0 Å². The summed E-state index contributed by atoms with van der Waals surface area (Å²) >= 11 is 3.38. The van der Waals surface area contributed by atoms with Gasteiger partial charge in [-0.25, -0.2) is 0 Å². The molecule has 0 saturated carbocycles. The standard InChI is InChI=1S/C9H14BrNOSi/c1-13(2,3)7-11-8(10)5-4-6-9(11)12/h4-6H,7H2,1-3H3. The Morgan fingerprint density at radius 3 is 2.46 bits per heavy atom. The fourth-order valence-electron chi connectivity index (χ4n) is 1.12. The highest BCUT2D eigenvalue weighted by atomic mass is 79.9. The van der Waals surface area contributed by atoms with Gasteiger partial charge in [0.05, 0.1) is 12.7 Å². The average Bonchev–Trinajstić information content (AvgIpc) is 1.95. The minimum absolute atomic E-state index is 0.0804. The van der Waals surface area contributed by atoms with E-state index in [1.807, 2.05) is 6.07 Å². The van der Waals surface area contributed by atoms with Gasteiger partial charge in [-0.1, -0.05) is 25.7 Å². The highest BCUT2D eigenvalue weighted by Gasteiger charge is 2.15. The summed E-state index contributed by atoms with van der Waals surface area (Å²) in [5.74, 6) is 0. The number of pyridine rings is 1. The van der Waals surface area contributed by atoms with Crippen LogP contribution in [-0.4, -0.2) is 12.6 Å². The molecule has 72 valence electrons. The van der Waals surface area contributed by atoms with Gasteiger partial charge < -0.3 is 4.57 Å². The van der Waals surface area contributed by atoms with Gasteiger partial charge in [-0.15, -0.1) is 0 Å². The molecule has 0 spiro atoms. The molecule has 0 saturated heterocycles. The number of halogens is 1. The minimum Gasteiger partial charge on any atom is -0.306 e. The Bertz CT molecular complexity index is 353. The van der Waals surface area contributed by atoms with E-state index in [0.717, 1.165) is 10.8 Å². The summed E-state index contributed by atoms with van der Waals surface area (Å²) in [6.07, 6.45) is 0.868. The quantitative estimate of drug-likeness (QED) is 0.591. The summed E-state index contributed by atoms with van der Waals surface area (Å²) in [4.78, 5) is 11.5. The van der Waals surface area contributed by atoms with Crippen molar-refractivity contribution in [3.05, 3.63) is 33.2 Å². The molecule has 1 rings (SSSR count). The molecule has 0 fully saturated rings. The zero-order valence-corrected chi connectivity index (χ0v) is 10.8. The first-order valence-corrected chi connectivity index (χ1v) is 8.75. The van der Waals surface area contributed by atoms with Crippen LogP contribution in [0.25, 0.3) is 0 Å². The molecule has 0 aromatic carbocycles. The second kappa shape index (κ2) is 3.80. The van der Waals surface area contributed by atoms with E-state index < -0.39 is 8.07 Å². The second-order valence-electron chi connectivity index (χ2n) is 4.33. The Morgan fingerprint density at radius 1 is 1.38 bits per heavy atom. The third-order valence-corrected chi connectivity index (χ3v) is 3.59. The SMILES string of the molecule is C[Si](C)(C)Cn1c(Br)cccc1=O. The monoisotopic (exact) mass is 259 g/mol. The maximum absolute atomic E-state index is 11.5. The Kier molecular flexibility index (Phi) is 3.13. The van der Waals surface area contributed by atoms with E-state index in [4.69, 9.17) is 0 Å². The summed E-state index contributed by atoms with van der Waals surface area (Å²) in [5, 5.41) is 0. The number of hydrogen-bond acceptors (Lipinski definition) is 1. The number of aromatic nitrogens is 1. The van der Waals surface area contributed by atoms with Crippen molar-refractivity contribution in [3.8, 4) is 0 Å². The van der Waals surface area contributed by atoms with E-state index in [2.05, 4.69) is 35.6 Å². The molecule has 0 radical (unpaired) electrons. The summed E-state index contributed by atoms with van der Waals surface area (Å²) in [5.41, 5.74) is 0.0804. The van der Waals surface area contributed by atoms with Crippen LogP contribution in [0, 0.1) is 0 Å². The van der Waals surface area contributed by atoms with Gasteiger partial charge in [0.2, 0.25) is 0 Å². The van der Waals surface area contributed by atoms with Crippen molar-refractivity contribution < 1.29 is 0 Å². The minimum atomic E-state index is -1.23. The van der Waals surface area contributed by atoms with Crippen molar-refractivity contribution in [1.82, 2.24) is 4.57 Å². The molecule has 0 amide bonds. The van der Waals surface area contributed by atoms with Gasteiger partial charge in [0.25, 0.3) is 5.56 Å². The lowest BCUT2D eigenvalue weighted by Crippen LogP contribution is -2.34. The van der Waals surface area contributed by atoms with Crippen molar-refractivity contribution in [1.29, 1.82) is 0 Å². The number of hydrogen-bond donors (Lipinski definition) is 0. The maximum atomic E-state index is 11.5. The van der Waals surface area contributed by atoms with E-state index in [-0.39, 0.29) is 5.56 Å². The van der Waals surface area contributed by atoms with Crippen LogP contribution in [0.15, 0.2) is 27.6 Å². The highest BCUT2D eigenvalue weighted by molar-refractivity contribution is 9.10. The van der Waals surface area contributed by atoms with E-state index >= 15 is 0 Å². The second-order valence-corrected chi connectivity index (χ2v) is 10.6. The molecular formula is C9H14BrNOSi. The van der Waals surface area contributed by atoms with E-state index in [1.54, 1.807) is 16.7 Å². The molecule has 0 aliphatic rings. The highest BCUT2D eigenvalue weighted by Crippen LogP contribution is 2.10. The van der Waals surface area contributed by atoms with Crippen LogP contribution in [0.2, 0.25) is 19.6 Å². The Morgan fingerprint density at radius 2 is 2.00 bits per heavy atom. The van der Waals surface area contributed by atoms with E-state index in [9.17, 15) is 4.79 Å². The van der Waals surface area contributed by atoms with Crippen molar-refractivity contribution in [2.45, 2.75) is 25.8 Å². The lowest BCUT2D eigenvalue weighted by molar-refractivity contribution is 0.784. The van der Waals surface area contributed by atoms with Gasteiger partial charge in [-0.3, -0.25) is 4.79 Å². The molecule has 0 aliphatic carbocycles. The zero-order chi connectivity index (χ0) is 10.1. The molecule has 0 N–H and O–H groups in total. The molecule has 1 heterocycles. The smallest absolute Gasteiger partial charge is 0.251 e. The topological polar surface area (TPSA) is 22.0 Å². The van der Waals surface area contributed by atoms with Crippen LogP contribution in [-0.2, 0) is 6.17 Å². The van der Waals surface area contributed by atoms with Crippen LogP contribution < -0.4 is 5.56 Å². The lowest BCUT2D eigenvalue weighted by Gasteiger charge is -2.18. The average molecular weight is 260 g/mol. The fraction of sp³-hybridized carbons (Fsp3) is 0.444. The zero-order valence-electron chi connectivity index (χ0n) is 8.17. The molecule has 2 nitrogen and oxygen atoms in total. The van der Waals surface area contributed by atoms with E-state index in [1.165, 1.54) is 0 Å². The first-order chi connectivity index (χ1) is 5.90. The lowest BCUT2D eigenvalue weighted by atomic mass is 10.5. The number of nitrogens with zero attached hydrogens (tertiary/aromatic N) is 1. The molecule has 0 aliphatic heterocycles. The summed E-state index contributed by atoms with van der Waals surface area (Å²) < 4.78 is 2.68. The predicted molar refractivity (Wildman–Crippen MR) is 61.7 cm³/mol. The van der Waals surface area contributed by atoms with Crippen LogP contribution in [0.5, 0.6) is 0 Å². The molecule has 0 bridgehead atoms. The predicted octanol–water partition coefficient (Wildman–Crippen LogP) is 2.49. The fourth-order valence-corrected chi connectivity index (χ4v) is 3.08. The molecule has 13 heavy (non-hydrogen) atoms. The van der Waals surface area contributed by atoms with Gasteiger partial charge in [-0.05, 0) is 22.0 Å². The van der Waals surface area contributed by atoms with Gasteiger partial charge in [0, 0.05) is 12.2 Å². The molecule has 0 atom stereocenters. The first-order valence-electron chi connectivity index (χ1n) is 4.25. The van der Waals surface area contributed by atoms with Crippen molar-refractivity contribution in [2.75, 3.05) is 0 Å². The molecule has 1 aromatic heterocycles. The van der Waals surface area contributed by atoms with Crippen LogP contribution in [0.4, 0.5) is 0 Å². The summed E-state index contributed by atoms with van der Waals surface area (Å²) in [7, 11) is -1.23. The normalized spacial score (nSPS) is 11.7. The Hall–Kier alpha value is -0.353. The van der Waals surface area contributed by atoms with Crippen molar-refractivity contribution >= 4 is 24.0 Å². The summed E-state index contributed by atoms with van der Waals surface area (Å²) in [6.45, 7) is 6.75. The molecule has 0 unspecified atom stereocenters. The van der Waals surface area contributed by atoms with Gasteiger partial charge in [-0.2, -0.15) is 0 Å². The van der Waals surface area contributed by atoms with Gasteiger partial charge in [0.1, 0.15) is 0 Å². The largest absolute Gasteiger partial charge is 0.306 e. The van der Waals surface area contributed by atoms with Crippen LogP contribution >= 0.6 is 15.9 Å².